The first-order valence-electron chi connectivity index (χ1n) is 13.4. The van der Waals surface area contributed by atoms with E-state index in [1.807, 2.05) is 56.9 Å². The monoisotopic (exact) mass is 530 g/mol. The molecular weight excluding hydrogens is 492 g/mol. The van der Waals surface area contributed by atoms with E-state index in [4.69, 9.17) is 4.98 Å². The van der Waals surface area contributed by atoms with E-state index in [2.05, 4.69) is 39.2 Å². The number of pyridine rings is 1. The van der Waals surface area contributed by atoms with Gasteiger partial charge in [0.15, 0.2) is 0 Å². The molecule has 0 saturated carbocycles. The zero-order chi connectivity index (χ0) is 28.5. The number of nitrogens with zero attached hydrogens (tertiary/aromatic N) is 5. The number of nitrogens with one attached hydrogen (secondary N) is 1. The Morgan fingerprint density at radius 1 is 1.05 bits per heavy atom. The van der Waals surface area contributed by atoms with Crippen molar-refractivity contribution < 1.29 is 14.7 Å². The largest absolute Gasteiger partial charge is 0.478 e. The molecule has 0 unspecified atom stereocenters. The number of carboxylic acids is 1. The molecule has 9 heteroatoms. The van der Waals surface area contributed by atoms with Crippen LogP contribution in [0, 0.1) is 13.8 Å². The van der Waals surface area contributed by atoms with Gasteiger partial charge in [0.05, 0.1) is 34.7 Å². The topological polar surface area (TPSA) is 112 Å². The highest BCUT2D eigenvalue weighted by Gasteiger charge is 2.38. The number of aryl methyl sites for hydroxylation is 2. The van der Waals surface area contributed by atoms with Crippen molar-refractivity contribution in [2.45, 2.75) is 66.0 Å². The van der Waals surface area contributed by atoms with Crippen LogP contribution >= 0.6 is 0 Å². The highest BCUT2D eigenvalue weighted by atomic mass is 16.4. The van der Waals surface area contributed by atoms with Gasteiger partial charge in [0.1, 0.15) is 17.3 Å². The Morgan fingerprint density at radius 3 is 2.33 bits per heavy atom. The Balaban J connectivity index is 1.54. The fourth-order valence-corrected chi connectivity index (χ4v) is 5.21. The van der Waals surface area contributed by atoms with Gasteiger partial charge in [-0.25, -0.2) is 19.7 Å². The van der Waals surface area contributed by atoms with Crippen LogP contribution in [0.1, 0.15) is 89.9 Å². The van der Waals surface area contributed by atoms with Crippen molar-refractivity contribution in [1.29, 1.82) is 0 Å². The molecule has 1 aliphatic rings. The summed E-state index contributed by atoms with van der Waals surface area (Å²) in [6.07, 6.45) is 1.57. The minimum atomic E-state index is -0.975. The molecule has 206 valence electrons. The molecule has 9 nitrogen and oxygen atoms in total. The van der Waals surface area contributed by atoms with Gasteiger partial charge in [-0.3, -0.25) is 4.79 Å². The predicted octanol–water partition coefficient (Wildman–Crippen LogP) is 5.22. The van der Waals surface area contributed by atoms with E-state index in [-0.39, 0.29) is 23.4 Å². The number of carbonyl (C=O) groups is 2. The normalized spacial score (nSPS) is 15.8. The van der Waals surface area contributed by atoms with Gasteiger partial charge in [-0.2, -0.15) is 0 Å². The van der Waals surface area contributed by atoms with Crippen LogP contribution in [0.25, 0.3) is 0 Å². The minimum Gasteiger partial charge on any atom is -0.478 e. The van der Waals surface area contributed by atoms with E-state index >= 15 is 0 Å². The van der Waals surface area contributed by atoms with E-state index in [0.29, 0.717) is 42.4 Å². The number of aromatic carboxylic acids is 1. The summed E-state index contributed by atoms with van der Waals surface area (Å²) in [5.41, 5.74) is 3.12. The zero-order valence-electron chi connectivity index (χ0n) is 23.8. The van der Waals surface area contributed by atoms with E-state index in [0.717, 1.165) is 17.1 Å². The zero-order valence-corrected chi connectivity index (χ0v) is 23.8. The number of carbonyl (C=O) groups excluding carboxylic acids is 1. The standard InChI is InChI=1S/C30H38N6O3/c1-18(2)26-27(33-20(4)22-11-9-8-10-12-22)31-16-23(34-26)28(37)36-14-13-35(17-30(36,6)7)24-15-19(3)25(29(38)39)21(5)32-24/h8-12,15-16,18,20H,13-14,17H2,1-7H3,(H,31,33)(H,38,39)/t20-/m1/s1. The smallest absolute Gasteiger partial charge is 0.337 e. The molecule has 1 atom stereocenters. The average Bonchev–Trinajstić information content (AvgIpc) is 2.87. The molecule has 1 fully saturated rings. The Morgan fingerprint density at radius 2 is 1.74 bits per heavy atom. The van der Waals surface area contributed by atoms with Gasteiger partial charge in [0.2, 0.25) is 0 Å². The van der Waals surface area contributed by atoms with Crippen LogP contribution in [0.3, 0.4) is 0 Å². The third kappa shape index (κ3) is 5.87. The van der Waals surface area contributed by atoms with Gasteiger partial charge in [-0.15, -0.1) is 0 Å². The summed E-state index contributed by atoms with van der Waals surface area (Å²) in [5, 5.41) is 13.0. The maximum atomic E-state index is 13.7. The quantitative estimate of drug-likeness (QED) is 0.427. The van der Waals surface area contributed by atoms with E-state index in [1.165, 1.54) is 0 Å². The Bertz CT molecular complexity index is 1350. The summed E-state index contributed by atoms with van der Waals surface area (Å²) in [7, 11) is 0. The summed E-state index contributed by atoms with van der Waals surface area (Å²) in [6.45, 7) is 15.3. The van der Waals surface area contributed by atoms with Crippen LogP contribution in [0.15, 0.2) is 42.6 Å². The van der Waals surface area contributed by atoms with E-state index in [9.17, 15) is 14.7 Å². The average molecular weight is 531 g/mol. The maximum absolute atomic E-state index is 13.7. The number of amides is 1. The maximum Gasteiger partial charge on any atom is 0.337 e. The molecule has 1 aromatic carbocycles. The van der Waals surface area contributed by atoms with Crippen molar-refractivity contribution in [1.82, 2.24) is 19.9 Å². The summed E-state index contributed by atoms with van der Waals surface area (Å²) in [5.74, 6) is 0.353. The molecule has 3 heterocycles. The number of carboxylic acid groups (broad SMARTS) is 1. The highest BCUT2D eigenvalue weighted by molar-refractivity contribution is 5.93. The molecule has 0 bridgehead atoms. The lowest BCUT2D eigenvalue weighted by atomic mass is 9.97. The molecule has 1 amide bonds. The summed E-state index contributed by atoms with van der Waals surface area (Å²) >= 11 is 0. The second-order valence-corrected chi connectivity index (χ2v) is 11.2. The molecule has 0 radical (unpaired) electrons. The van der Waals surface area contributed by atoms with Gasteiger partial charge < -0.3 is 20.2 Å². The molecular formula is C30H38N6O3. The van der Waals surface area contributed by atoms with Crippen molar-refractivity contribution in [3.8, 4) is 0 Å². The predicted molar refractivity (Wildman–Crippen MR) is 153 cm³/mol. The summed E-state index contributed by atoms with van der Waals surface area (Å²) in [6, 6.07) is 12.0. The number of rotatable bonds is 7. The number of hydrogen-bond donors (Lipinski definition) is 2. The van der Waals surface area contributed by atoms with Crippen LogP contribution in [0.2, 0.25) is 0 Å². The van der Waals surface area contributed by atoms with Gasteiger partial charge in [-0.1, -0.05) is 44.2 Å². The molecule has 0 spiro atoms. The van der Waals surface area contributed by atoms with Crippen molar-refractivity contribution in [2.75, 3.05) is 29.9 Å². The number of hydrogen-bond acceptors (Lipinski definition) is 7. The molecule has 2 aromatic heterocycles. The molecule has 0 aliphatic carbocycles. The number of benzene rings is 1. The van der Waals surface area contributed by atoms with Crippen molar-refractivity contribution >= 4 is 23.5 Å². The first-order valence-corrected chi connectivity index (χ1v) is 13.4. The van der Waals surface area contributed by atoms with Gasteiger partial charge in [0.25, 0.3) is 5.91 Å². The number of aromatic nitrogens is 3. The summed E-state index contributed by atoms with van der Waals surface area (Å²) in [4.78, 5) is 43.3. The molecule has 4 rings (SSSR count). The first kappa shape index (κ1) is 28.0. The van der Waals surface area contributed by atoms with Crippen molar-refractivity contribution in [2.24, 2.45) is 0 Å². The second kappa shape index (κ2) is 11.0. The molecule has 3 aromatic rings. The lowest BCUT2D eigenvalue weighted by molar-refractivity contribution is 0.0506. The SMILES string of the molecule is Cc1cc(N2CCN(C(=O)c3cnc(N[C@H](C)c4ccccc4)c(C(C)C)n3)C(C)(C)C2)nc(C)c1C(=O)O. The Kier molecular flexibility index (Phi) is 7.90. The molecule has 1 aliphatic heterocycles. The third-order valence-electron chi connectivity index (χ3n) is 7.29. The fourth-order valence-electron chi connectivity index (χ4n) is 5.21. The second-order valence-electron chi connectivity index (χ2n) is 11.2. The van der Waals surface area contributed by atoms with Crippen molar-refractivity contribution in [3.05, 3.63) is 76.4 Å². The van der Waals surface area contributed by atoms with E-state index in [1.54, 1.807) is 20.0 Å². The van der Waals surface area contributed by atoms with Crippen LogP contribution < -0.4 is 10.2 Å². The molecule has 1 saturated heterocycles. The van der Waals surface area contributed by atoms with Crippen LogP contribution in [0.4, 0.5) is 11.6 Å². The van der Waals surface area contributed by atoms with E-state index < -0.39 is 11.5 Å². The minimum absolute atomic E-state index is 0.0389. The first-order chi connectivity index (χ1) is 18.4. The number of anilines is 2. The van der Waals surface area contributed by atoms with Crippen LogP contribution in [0.5, 0.6) is 0 Å². The van der Waals surface area contributed by atoms with Crippen LogP contribution in [-0.4, -0.2) is 62.0 Å². The summed E-state index contributed by atoms with van der Waals surface area (Å²) < 4.78 is 0. The van der Waals surface area contributed by atoms with Crippen molar-refractivity contribution in [3.63, 3.8) is 0 Å². The lowest BCUT2D eigenvalue weighted by Crippen LogP contribution is -2.61. The third-order valence-corrected chi connectivity index (χ3v) is 7.29. The molecule has 2 N–H and O–H groups in total. The van der Waals surface area contributed by atoms with Gasteiger partial charge in [-0.05, 0) is 57.7 Å². The number of piperazine rings is 1. The van der Waals surface area contributed by atoms with Gasteiger partial charge >= 0.3 is 5.97 Å². The van der Waals surface area contributed by atoms with Gasteiger partial charge in [0, 0.05) is 19.6 Å². The Hall–Kier alpha value is -4.01. The fraction of sp³-hybridized carbons (Fsp3) is 0.433. The lowest BCUT2D eigenvalue weighted by Gasteiger charge is -2.47. The van der Waals surface area contributed by atoms with Crippen LogP contribution in [-0.2, 0) is 0 Å². The Labute approximate surface area is 230 Å². The molecule has 39 heavy (non-hydrogen) atoms. The highest BCUT2D eigenvalue weighted by Crippen LogP contribution is 2.29.